The molecular formula is C19H19N5OS. The van der Waals surface area contributed by atoms with Gasteiger partial charge in [0.1, 0.15) is 6.33 Å². The molecular weight excluding hydrogens is 346 g/mol. The van der Waals surface area contributed by atoms with E-state index in [1.54, 1.807) is 22.7 Å². The molecule has 0 aliphatic rings. The number of imidazole rings is 1. The third kappa shape index (κ3) is 3.17. The molecule has 132 valence electrons. The molecule has 26 heavy (non-hydrogen) atoms. The average Bonchev–Trinajstić information content (AvgIpc) is 3.23. The smallest absolute Gasteiger partial charge is 0.306 e. The highest BCUT2D eigenvalue weighted by atomic mass is 32.2. The fourth-order valence-corrected chi connectivity index (χ4v) is 3.88. The summed E-state index contributed by atoms with van der Waals surface area (Å²) in [5.41, 5.74) is 4.04. The van der Waals surface area contributed by atoms with Gasteiger partial charge in [-0.1, -0.05) is 42.1 Å². The number of nitrogens with zero attached hydrogens (tertiary/aromatic N) is 4. The highest BCUT2D eigenvalue weighted by Gasteiger charge is 2.10. The van der Waals surface area contributed by atoms with Gasteiger partial charge in [0, 0.05) is 12.3 Å². The van der Waals surface area contributed by atoms with Crippen molar-refractivity contribution in [1.82, 2.24) is 24.3 Å². The number of aryl methyl sites for hydroxylation is 2. The van der Waals surface area contributed by atoms with Crippen molar-refractivity contribution in [2.24, 2.45) is 0 Å². The maximum atomic E-state index is 12.1. The maximum Gasteiger partial charge on any atom is 0.326 e. The van der Waals surface area contributed by atoms with Gasteiger partial charge in [-0.05, 0) is 37.1 Å². The highest BCUT2D eigenvalue weighted by molar-refractivity contribution is 7.99. The molecule has 0 saturated carbocycles. The van der Waals surface area contributed by atoms with E-state index >= 15 is 0 Å². The van der Waals surface area contributed by atoms with Gasteiger partial charge in [0.2, 0.25) is 0 Å². The van der Waals surface area contributed by atoms with Crippen molar-refractivity contribution in [2.45, 2.75) is 25.0 Å². The molecule has 0 spiro atoms. The minimum absolute atomic E-state index is 0.0562. The number of H-pyrrole nitrogens is 1. The summed E-state index contributed by atoms with van der Waals surface area (Å²) in [5.74, 6) is 0.858. The van der Waals surface area contributed by atoms with Gasteiger partial charge in [-0.15, -0.1) is 10.2 Å². The van der Waals surface area contributed by atoms with Crippen LogP contribution < -0.4 is 5.69 Å². The van der Waals surface area contributed by atoms with E-state index in [0.29, 0.717) is 6.54 Å². The minimum atomic E-state index is -0.0562. The second kappa shape index (κ2) is 7.21. The molecule has 4 aromatic rings. The Morgan fingerprint density at radius 2 is 1.92 bits per heavy atom. The summed E-state index contributed by atoms with van der Waals surface area (Å²) >= 11 is 1.65. The van der Waals surface area contributed by atoms with Crippen molar-refractivity contribution < 1.29 is 0 Å². The van der Waals surface area contributed by atoms with Crippen LogP contribution >= 0.6 is 11.8 Å². The van der Waals surface area contributed by atoms with E-state index in [2.05, 4.69) is 34.2 Å². The van der Waals surface area contributed by atoms with Crippen LogP contribution in [0.4, 0.5) is 0 Å². The van der Waals surface area contributed by atoms with E-state index in [-0.39, 0.29) is 5.69 Å². The molecule has 0 bridgehead atoms. The molecule has 0 aliphatic carbocycles. The minimum Gasteiger partial charge on any atom is -0.306 e. The first kappa shape index (κ1) is 16.7. The van der Waals surface area contributed by atoms with E-state index in [0.717, 1.165) is 34.1 Å². The Balaban J connectivity index is 1.43. The topological polar surface area (TPSA) is 68.5 Å². The molecule has 1 N–H and O–H groups in total. The fourth-order valence-electron chi connectivity index (χ4n) is 3.04. The van der Waals surface area contributed by atoms with Gasteiger partial charge in [-0.2, -0.15) is 0 Å². The number of hydrogen-bond donors (Lipinski definition) is 1. The first-order valence-corrected chi connectivity index (χ1v) is 9.49. The van der Waals surface area contributed by atoms with Crippen LogP contribution in [-0.4, -0.2) is 30.1 Å². The highest BCUT2D eigenvalue weighted by Crippen LogP contribution is 2.22. The van der Waals surface area contributed by atoms with Crippen molar-refractivity contribution >= 4 is 22.8 Å². The molecule has 0 atom stereocenters. The van der Waals surface area contributed by atoms with E-state index < -0.39 is 0 Å². The average molecular weight is 365 g/mol. The molecule has 2 aromatic carbocycles. The van der Waals surface area contributed by atoms with Gasteiger partial charge >= 0.3 is 5.69 Å². The van der Waals surface area contributed by atoms with Crippen LogP contribution in [0.25, 0.3) is 16.7 Å². The second-order valence-electron chi connectivity index (χ2n) is 6.07. The summed E-state index contributed by atoms with van der Waals surface area (Å²) in [7, 11) is 0. The Kier molecular flexibility index (Phi) is 4.62. The fraction of sp³-hybridized carbons (Fsp3) is 0.211. The predicted octanol–water partition coefficient (Wildman–Crippen LogP) is 3.40. The van der Waals surface area contributed by atoms with Crippen molar-refractivity contribution in [1.29, 1.82) is 0 Å². The van der Waals surface area contributed by atoms with Crippen LogP contribution in [0, 0.1) is 6.92 Å². The number of aromatic amines is 1. The lowest BCUT2D eigenvalue weighted by Crippen LogP contribution is -2.17. The van der Waals surface area contributed by atoms with Crippen LogP contribution in [0.5, 0.6) is 0 Å². The third-order valence-corrected chi connectivity index (χ3v) is 5.36. The lowest BCUT2D eigenvalue weighted by atomic mass is 10.2. The Hall–Kier alpha value is -2.80. The van der Waals surface area contributed by atoms with Crippen LogP contribution in [0.3, 0.4) is 0 Å². The number of hydrogen-bond acceptors (Lipinski definition) is 4. The number of rotatable bonds is 6. The van der Waals surface area contributed by atoms with E-state index in [9.17, 15) is 4.79 Å². The van der Waals surface area contributed by atoms with Crippen LogP contribution in [-0.2, 0) is 6.54 Å². The second-order valence-corrected chi connectivity index (χ2v) is 7.13. The number of fused-ring (bicyclic) bond motifs is 1. The normalized spacial score (nSPS) is 11.3. The molecule has 2 aromatic heterocycles. The summed E-state index contributed by atoms with van der Waals surface area (Å²) in [5, 5.41) is 9.16. The summed E-state index contributed by atoms with van der Waals surface area (Å²) in [6, 6.07) is 15.9. The first-order chi connectivity index (χ1) is 12.7. The Labute approximate surface area is 154 Å². The molecule has 6 nitrogen and oxygen atoms in total. The third-order valence-electron chi connectivity index (χ3n) is 4.33. The Morgan fingerprint density at radius 1 is 1.12 bits per heavy atom. The van der Waals surface area contributed by atoms with E-state index in [1.165, 1.54) is 5.56 Å². The van der Waals surface area contributed by atoms with Crippen molar-refractivity contribution in [2.75, 3.05) is 5.75 Å². The van der Waals surface area contributed by atoms with Gasteiger partial charge in [0.15, 0.2) is 5.16 Å². The Bertz CT molecular complexity index is 1090. The zero-order valence-electron chi connectivity index (χ0n) is 14.4. The molecule has 0 fully saturated rings. The summed E-state index contributed by atoms with van der Waals surface area (Å²) < 4.78 is 3.81. The van der Waals surface area contributed by atoms with E-state index in [1.807, 2.05) is 41.0 Å². The number of nitrogens with one attached hydrogen (secondary N) is 1. The van der Waals surface area contributed by atoms with Crippen molar-refractivity contribution in [3.8, 4) is 5.69 Å². The lowest BCUT2D eigenvalue weighted by molar-refractivity contribution is 0.678. The first-order valence-electron chi connectivity index (χ1n) is 8.50. The standard InChI is InChI=1S/C19H19N5OS/c1-14-7-2-4-9-16(14)24-13-20-22-19(24)26-12-6-11-23-17-10-5-3-8-15(17)21-18(23)25/h2-5,7-10,13H,6,11-12H2,1H3,(H,21,25). The molecule has 0 radical (unpaired) electrons. The summed E-state index contributed by atoms with van der Waals surface area (Å²) in [6.45, 7) is 2.75. The molecule has 0 unspecified atom stereocenters. The van der Waals surface area contributed by atoms with Gasteiger partial charge in [0.05, 0.1) is 16.7 Å². The van der Waals surface area contributed by atoms with Crippen LogP contribution in [0.15, 0.2) is 64.8 Å². The van der Waals surface area contributed by atoms with Gasteiger partial charge < -0.3 is 4.98 Å². The van der Waals surface area contributed by atoms with E-state index in [4.69, 9.17) is 0 Å². The molecule has 0 amide bonds. The molecule has 7 heteroatoms. The zero-order valence-corrected chi connectivity index (χ0v) is 15.2. The van der Waals surface area contributed by atoms with Crippen molar-refractivity contribution in [3.05, 3.63) is 70.9 Å². The quantitative estimate of drug-likeness (QED) is 0.420. The Morgan fingerprint density at radius 3 is 2.81 bits per heavy atom. The number of benzene rings is 2. The van der Waals surface area contributed by atoms with Gasteiger partial charge in [-0.25, -0.2) is 4.79 Å². The van der Waals surface area contributed by atoms with Gasteiger partial charge in [0.25, 0.3) is 0 Å². The summed E-state index contributed by atoms with van der Waals surface area (Å²) in [6.07, 6.45) is 2.61. The van der Waals surface area contributed by atoms with Crippen molar-refractivity contribution in [3.63, 3.8) is 0 Å². The molecule has 4 rings (SSSR count). The molecule has 2 heterocycles. The predicted molar refractivity (Wildman–Crippen MR) is 104 cm³/mol. The lowest BCUT2D eigenvalue weighted by Gasteiger charge is -2.09. The SMILES string of the molecule is Cc1ccccc1-n1cnnc1SCCCn1c(=O)[nH]c2ccccc21. The molecule has 0 aliphatic heterocycles. The van der Waals surface area contributed by atoms with Gasteiger partial charge in [-0.3, -0.25) is 9.13 Å². The maximum absolute atomic E-state index is 12.1. The largest absolute Gasteiger partial charge is 0.326 e. The van der Waals surface area contributed by atoms with Crippen LogP contribution in [0.1, 0.15) is 12.0 Å². The van der Waals surface area contributed by atoms with Crippen LogP contribution in [0.2, 0.25) is 0 Å². The monoisotopic (exact) mass is 365 g/mol. The number of thioether (sulfide) groups is 1. The summed E-state index contributed by atoms with van der Waals surface area (Å²) in [4.78, 5) is 15.0. The number of aromatic nitrogens is 5. The number of para-hydroxylation sites is 3. The molecule has 0 saturated heterocycles. The zero-order chi connectivity index (χ0) is 17.9.